The molecule has 2 aromatic rings. The second-order valence-corrected chi connectivity index (χ2v) is 5.28. The Balaban J connectivity index is 1.78. The highest BCUT2D eigenvalue weighted by atomic mass is 16.6. The van der Waals surface area contributed by atoms with Gasteiger partial charge in [0.1, 0.15) is 7.11 Å². The summed E-state index contributed by atoms with van der Waals surface area (Å²) in [7, 11) is 3.50. The molecule has 22 heavy (non-hydrogen) atoms. The maximum atomic E-state index is 10.3. The fourth-order valence-corrected chi connectivity index (χ4v) is 2.60. The Morgan fingerprint density at radius 2 is 2.18 bits per heavy atom. The minimum atomic E-state index is -0.915. The van der Waals surface area contributed by atoms with Gasteiger partial charge in [-0.3, -0.25) is 4.90 Å². The summed E-state index contributed by atoms with van der Waals surface area (Å²) in [6.45, 7) is 0.698. The predicted octanol–water partition coefficient (Wildman–Crippen LogP) is 1.53. The third-order valence-corrected chi connectivity index (χ3v) is 3.72. The second-order valence-electron chi connectivity index (χ2n) is 5.28. The molecule has 1 aliphatic rings. The van der Waals surface area contributed by atoms with E-state index in [-0.39, 0.29) is 11.9 Å². The zero-order valence-electron chi connectivity index (χ0n) is 12.5. The summed E-state index contributed by atoms with van der Waals surface area (Å²) in [5.41, 5.74) is 1.66. The van der Waals surface area contributed by atoms with Gasteiger partial charge < -0.3 is 14.5 Å². The third-order valence-electron chi connectivity index (χ3n) is 3.72. The van der Waals surface area contributed by atoms with E-state index in [0.717, 1.165) is 11.3 Å². The monoisotopic (exact) mass is 302 g/mol. The van der Waals surface area contributed by atoms with Crippen molar-refractivity contribution in [2.75, 3.05) is 20.7 Å². The number of aromatic nitrogens is 2. The zero-order valence-corrected chi connectivity index (χ0v) is 12.5. The summed E-state index contributed by atoms with van der Waals surface area (Å²) in [5.74, 6) is 0.750. The molecular formula is C15H18N4O3. The number of hydrogen-bond donors (Lipinski definition) is 1. The fourth-order valence-electron chi connectivity index (χ4n) is 2.60. The first kappa shape index (κ1) is 14.7. The van der Waals surface area contributed by atoms with E-state index in [9.17, 15) is 5.11 Å². The molecule has 0 spiro atoms. The fraction of sp³-hybridized carbons (Fsp3) is 0.400. The lowest BCUT2D eigenvalue weighted by atomic mass is 10.1. The highest BCUT2D eigenvalue weighted by molar-refractivity contribution is 5.88. The van der Waals surface area contributed by atoms with Gasteiger partial charge in [0.2, 0.25) is 0 Å². The molecule has 2 atom stereocenters. The Labute approximate surface area is 128 Å². The number of aliphatic hydroxyl groups is 1. The van der Waals surface area contributed by atoms with Crippen molar-refractivity contribution in [2.24, 2.45) is 5.16 Å². The number of benzene rings is 1. The molecule has 1 aliphatic heterocycles. The molecule has 0 aliphatic carbocycles. The minimum Gasteiger partial charge on any atom is -0.399 e. The third kappa shape index (κ3) is 2.86. The summed E-state index contributed by atoms with van der Waals surface area (Å²) in [4.78, 5) is 11.2. The molecule has 0 amide bonds. The molecular weight excluding hydrogens is 284 g/mol. The van der Waals surface area contributed by atoms with E-state index in [1.165, 1.54) is 7.11 Å². The Kier molecular flexibility index (Phi) is 4.17. The van der Waals surface area contributed by atoms with Gasteiger partial charge >= 0.3 is 0 Å². The van der Waals surface area contributed by atoms with Gasteiger partial charge in [-0.05, 0) is 12.6 Å². The van der Waals surface area contributed by atoms with E-state index in [4.69, 9.17) is 9.36 Å². The summed E-state index contributed by atoms with van der Waals surface area (Å²) in [6.07, 6.45) is -0.230. The smallest absolute Gasteiger partial charge is 0.260 e. The Morgan fingerprint density at radius 3 is 2.91 bits per heavy atom. The molecule has 2 heterocycles. The Hall–Kier alpha value is -2.25. The van der Waals surface area contributed by atoms with Crippen molar-refractivity contribution < 1.29 is 14.5 Å². The lowest BCUT2D eigenvalue weighted by Gasteiger charge is -2.13. The van der Waals surface area contributed by atoms with Crippen LogP contribution in [-0.2, 0) is 4.84 Å². The minimum absolute atomic E-state index is 0.0191. The van der Waals surface area contributed by atoms with E-state index in [1.54, 1.807) is 0 Å². The lowest BCUT2D eigenvalue weighted by molar-refractivity contribution is 0.170. The largest absolute Gasteiger partial charge is 0.399 e. The van der Waals surface area contributed by atoms with Crippen LogP contribution < -0.4 is 0 Å². The highest BCUT2D eigenvalue weighted by Crippen LogP contribution is 2.29. The van der Waals surface area contributed by atoms with Crippen LogP contribution >= 0.6 is 0 Å². The van der Waals surface area contributed by atoms with Crippen LogP contribution in [0.5, 0.6) is 0 Å². The Bertz CT molecular complexity index is 656. The summed E-state index contributed by atoms with van der Waals surface area (Å²) < 4.78 is 5.23. The first-order valence-electron chi connectivity index (χ1n) is 7.04. The highest BCUT2D eigenvalue weighted by Gasteiger charge is 2.32. The summed E-state index contributed by atoms with van der Waals surface area (Å²) >= 11 is 0. The number of nitrogens with zero attached hydrogens (tertiary/aromatic N) is 4. The SMILES string of the molecule is CON=C1CC(c2noc(C(O)c3ccccc3)n2)N(C)C1. The summed E-state index contributed by atoms with van der Waals surface area (Å²) in [5, 5.41) is 18.3. The van der Waals surface area contributed by atoms with Crippen molar-refractivity contribution >= 4 is 5.71 Å². The molecule has 1 aromatic heterocycles. The van der Waals surface area contributed by atoms with Gasteiger partial charge in [0.25, 0.3) is 5.89 Å². The van der Waals surface area contributed by atoms with Gasteiger partial charge in [0.05, 0.1) is 11.8 Å². The van der Waals surface area contributed by atoms with Crippen LogP contribution in [0.3, 0.4) is 0 Å². The van der Waals surface area contributed by atoms with Crippen molar-refractivity contribution in [1.29, 1.82) is 0 Å². The molecule has 2 unspecified atom stereocenters. The van der Waals surface area contributed by atoms with Crippen LogP contribution in [0.2, 0.25) is 0 Å². The van der Waals surface area contributed by atoms with E-state index < -0.39 is 6.10 Å². The number of oxime groups is 1. The molecule has 0 radical (unpaired) electrons. The van der Waals surface area contributed by atoms with Crippen molar-refractivity contribution in [3.8, 4) is 0 Å². The molecule has 7 heteroatoms. The number of rotatable bonds is 4. The van der Waals surface area contributed by atoms with Crippen molar-refractivity contribution in [3.05, 3.63) is 47.6 Å². The van der Waals surface area contributed by atoms with Crippen molar-refractivity contribution in [1.82, 2.24) is 15.0 Å². The quantitative estimate of drug-likeness (QED) is 0.862. The van der Waals surface area contributed by atoms with E-state index in [1.807, 2.05) is 37.4 Å². The van der Waals surface area contributed by atoms with Crippen molar-refractivity contribution in [2.45, 2.75) is 18.6 Å². The average molecular weight is 302 g/mol. The van der Waals surface area contributed by atoms with E-state index in [0.29, 0.717) is 18.8 Å². The standard InChI is InChI=1S/C15H18N4O3/c1-19-9-11(17-21-2)8-12(19)14-16-15(22-18-14)13(20)10-6-4-3-5-7-10/h3-7,12-13,20H,8-9H2,1-2H3. The summed E-state index contributed by atoms with van der Waals surface area (Å²) in [6, 6.07) is 9.22. The van der Waals surface area contributed by atoms with E-state index >= 15 is 0 Å². The van der Waals surface area contributed by atoms with Crippen molar-refractivity contribution in [3.63, 3.8) is 0 Å². The number of hydrogen-bond acceptors (Lipinski definition) is 7. The molecule has 1 N–H and O–H groups in total. The molecule has 0 saturated carbocycles. The number of likely N-dealkylation sites (tertiary alicyclic amines) is 1. The predicted molar refractivity (Wildman–Crippen MR) is 79.2 cm³/mol. The first-order valence-corrected chi connectivity index (χ1v) is 7.04. The van der Waals surface area contributed by atoms with Gasteiger partial charge in [0.15, 0.2) is 11.9 Å². The Morgan fingerprint density at radius 1 is 1.41 bits per heavy atom. The van der Waals surface area contributed by atoms with Crippen LogP contribution in [0, 0.1) is 0 Å². The molecule has 0 bridgehead atoms. The molecule has 7 nitrogen and oxygen atoms in total. The van der Waals surface area contributed by atoms with Gasteiger partial charge in [-0.2, -0.15) is 4.98 Å². The second kappa shape index (κ2) is 6.25. The van der Waals surface area contributed by atoms with Crippen LogP contribution in [-0.4, -0.2) is 46.6 Å². The van der Waals surface area contributed by atoms with Gasteiger partial charge in [-0.25, -0.2) is 0 Å². The number of aliphatic hydroxyl groups excluding tert-OH is 1. The van der Waals surface area contributed by atoms with Crippen LogP contribution in [0.15, 0.2) is 40.0 Å². The molecule has 1 saturated heterocycles. The molecule has 116 valence electrons. The molecule has 1 fully saturated rings. The molecule has 3 rings (SSSR count). The maximum Gasteiger partial charge on any atom is 0.260 e. The van der Waals surface area contributed by atoms with Gasteiger partial charge in [-0.1, -0.05) is 40.6 Å². The zero-order chi connectivity index (χ0) is 15.5. The van der Waals surface area contributed by atoms with Crippen LogP contribution in [0.1, 0.15) is 35.8 Å². The molecule has 1 aromatic carbocycles. The first-order chi connectivity index (χ1) is 10.7. The van der Waals surface area contributed by atoms with Gasteiger partial charge in [-0.15, -0.1) is 0 Å². The van der Waals surface area contributed by atoms with Crippen LogP contribution in [0.25, 0.3) is 0 Å². The topological polar surface area (TPSA) is 84.0 Å². The average Bonchev–Trinajstić information content (AvgIpc) is 3.14. The van der Waals surface area contributed by atoms with Gasteiger partial charge in [0, 0.05) is 13.0 Å². The lowest BCUT2D eigenvalue weighted by Crippen LogP contribution is -2.19. The van der Waals surface area contributed by atoms with Crippen LogP contribution in [0.4, 0.5) is 0 Å². The maximum absolute atomic E-state index is 10.3. The van der Waals surface area contributed by atoms with E-state index in [2.05, 4.69) is 20.2 Å². The normalized spacial score (nSPS) is 22.1.